The van der Waals surface area contributed by atoms with Gasteiger partial charge in [0.25, 0.3) is 0 Å². The van der Waals surface area contributed by atoms with Crippen LogP contribution in [0.1, 0.15) is 5.69 Å². The summed E-state index contributed by atoms with van der Waals surface area (Å²) in [6.07, 6.45) is -1.23. The molecular weight excluding hydrogens is 362 g/mol. The van der Waals surface area contributed by atoms with Gasteiger partial charge in [-0.25, -0.2) is 14.4 Å². The van der Waals surface area contributed by atoms with Crippen molar-refractivity contribution in [1.29, 1.82) is 0 Å². The minimum Gasteiger partial charge on any atom is -0.339 e. The Morgan fingerprint density at radius 3 is 2.44 bits per heavy atom. The van der Waals surface area contributed by atoms with Crippen molar-refractivity contribution in [2.24, 2.45) is 0 Å². The van der Waals surface area contributed by atoms with Crippen LogP contribution in [0.4, 0.5) is 29.1 Å². The van der Waals surface area contributed by atoms with Crippen LogP contribution in [0.3, 0.4) is 0 Å². The van der Waals surface area contributed by atoms with Gasteiger partial charge < -0.3 is 5.32 Å². The van der Waals surface area contributed by atoms with Crippen molar-refractivity contribution in [3.63, 3.8) is 0 Å². The Kier molecular flexibility index (Phi) is 3.98. The SMILES string of the molecule is Fc1ccc2nc(C(F)(F)F)c(-c3cncc(Nc4ccccc4)n3)n2c1. The van der Waals surface area contributed by atoms with Gasteiger partial charge in [-0.05, 0) is 24.3 Å². The molecular formula is C18H11F4N5. The lowest BCUT2D eigenvalue weighted by atomic mass is 10.2. The number of fused-ring (bicyclic) bond motifs is 1. The molecule has 0 saturated heterocycles. The molecule has 5 nitrogen and oxygen atoms in total. The van der Waals surface area contributed by atoms with E-state index in [1.165, 1.54) is 18.5 Å². The molecule has 136 valence electrons. The summed E-state index contributed by atoms with van der Waals surface area (Å²) in [6.45, 7) is 0. The molecule has 0 unspecified atom stereocenters. The average Bonchev–Trinajstić information content (AvgIpc) is 3.02. The van der Waals surface area contributed by atoms with Gasteiger partial charge in [-0.2, -0.15) is 13.2 Å². The van der Waals surface area contributed by atoms with Crippen molar-refractivity contribution in [2.45, 2.75) is 6.18 Å². The molecule has 9 heteroatoms. The monoisotopic (exact) mass is 373 g/mol. The van der Waals surface area contributed by atoms with Crippen LogP contribution >= 0.6 is 0 Å². The molecule has 0 saturated carbocycles. The molecule has 4 rings (SSSR count). The Hall–Kier alpha value is -3.49. The third-order valence-corrected chi connectivity index (χ3v) is 3.77. The first kappa shape index (κ1) is 17.0. The van der Waals surface area contributed by atoms with Crippen molar-refractivity contribution in [3.8, 4) is 11.4 Å². The van der Waals surface area contributed by atoms with E-state index in [1.807, 2.05) is 6.07 Å². The zero-order valence-electron chi connectivity index (χ0n) is 13.6. The molecule has 1 N–H and O–H groups in total. The van der Waals surface area contributed by atoms with Gasteiger partial charge in [0.1, 0.15) is 28.7 Å². The fraction of sp³-hybridized carbons (Fsp3) is 0.0556. The largest absolute Gasteiger partial charge is 0.435 e. The molecule has 0 atom stereocenters. The minimum atomic E-state index is -4.73. The standard InChI is InChI=1S/C18H11F4N5/c19-11-6-7-15-26-17(18(20,21)22)16(27(15)10-11)13-8-23-9-14(25-13)24-12-4-2-1-3-5-12/h1-10H,(H,24,25). The Bertz CT molecular complexity index is 1110. The minimum absolute atomic E-state index is 0.0399. The van der Waals surface area contributed by atoms with Gasteiger partial charge in [0, 0.05) is 11.9 Å². The molecule has 0 fully saturated rings. The van der Waals surface area contributed by atoms with Gasteiger partial charge >= 0.3 is 6.18 Å². The van der Waals surface area contributed by atoms with Crippen molar-refractivity contribution >= 4 is 17.2 Å². The summed E-state index contributed by atoms with van der Waals surface area (Å²) in [4.78, 5) is 11.8. The molecule has 0 aliphatic carbocycles. The van der Waals surface area contributed by atoms with E-state index >= 15 is 0 Å². The van der Waals surface area contributed by atoms with E-state index in [2.05, 4.69) is 20.3 Å². The first-order chi connectivity index (χ1) is 12.9. The topological polar surface area (TPSA) is 55.1 Å². The van der Waals surface area contributed by atoms with E-state index in [-0.39, 0.29) is 22.9 Å². The number of alkyl halides is 3. The summed E-state index contributed by atoms with van der Waals surface area (Å²) in [5, 5.41) is 2.97. The van der Waals surface area contributed by atoms with Gasteiger partial charge in [0.15, 0.2) is 5.69 Å². The van der Waals surface area contributed by atoms with Crippen LogP contribution < -0.4 is 5.32 Å². The second-order valence-corrected chi connectivity index (χ2v) is 5.66. The molecule has 0 amide bonds. The molecule has 0 spiro atoms. The number of para-hydroxylation sites is 1. The van der Waals surface area contributed by atoms with Crippen molar-refractivity contribution in [1.82, 2.24) is 19.4 Å². The highest BCUT2D eigenvalue weighted by atomic mass is 19.4. The third-order valence-electron chi connectivity index (χ3n) is 3.77. The number of benzene rings is 1. The van der Waals surface area contributed by atoms with E-state index in [9.17, 15) is 17.6 Å². The fourth-order valence-corrected chi connectivity index (χ4v) is 2.67. The number of imidazole rings is 1. The summed E-state index contributed by atoms with van der Waals surface area (Å²) in [5.74, 6) is -0.445. The molecule has 1 aromatic carbocycles. The van der Waals surface area contributed by atoms with E-state index in [0.717, 1.165) is 16.7 Å². The first-order valence-corrected chi connectivity index (χ1v) is 7.81. The van der Waals surface area contributed by atoms with E-state index < -0.39 is 17.7 Å². The van der Waals surface area contributed by atoms with Crippen LogP contribution in [-0.4, -0.2) is 19.4 Å². The van der Waals surface area contributed by atoms with Crippen molar-refractivity contribution < 1.29 is 17.6 Å². The Labute approximate surface area is 150 Å². The summed E-state index contributed by atoms with van der Waals surface area (Å²) >= 11 is 0. The summed E-state index contributed by atoms with van der Waals surface area (Å²) in [6, 6.07) is 11.2. The average molecular weight is 373 g/mol. The van der Waals surface area contributed by atoms with Gasteiger partial charge in [0.05, 0.1) is 12.4 Å². The van der Waals surface area contributed by atoms with Crippen LogP contribution in [0, 0.1) is 5.82 Å². The second kappa shape index (κ2) is 6.35. The van der Waals surface area contributed by atoms with Crippen LogP contribution in [-0.2, 0) is 6.18 Å². The van der Waals surface area contributed by atoms with Crippen molar-refractivity contribution in [3.05, 3.63) is 72.6 Å². The molecule has 0 radical (unpaired) electrons. The van der Waals surface area contributed by atoms with E-state index in [0.29, 0.717) is 5.69 Å². The third kappa shape index (κ3) is 3.31. The molecule has 27 heavy (non-hydrogen) atoms. The van der Waals surface area contributed by atoms with Gasteiger partial charge in [-0.1, -0.05) is 18.2 Å². The molecule has 0 aliphatic heterocycles. The maximum atomic E-state index is 13.6. The highest BCUT2D eigenvalue weighted by Crippen LogP contribution is 2.36. The lowest BCUT2D eigenvalue weighted by molar-refractivity contribution is -0.140. The Morgan fingerprint density at radius 2 is 1.70 bits per heavy atom. The predicted molar refractivity (Wildman–Crippen MR) is 90.9 cm³/mol. The summed E-state index contributed by atoms with van der Waals surface area (Å²) < 4.78 is 55.1. The number of halogens is 4. The molecule has 0 bridgehead atoms. The number of aromatic nitrogens is 4. The molecule has 3 heterocycles. The van der Waals surface area contributed by atoms with Crippen LogP contribution in [0.15, 0.2) is 61.1 Å². The number of rotatable bonds is 3. The van der Waals surface area contributed by atoms with Crippen molar-refractivity contribution in [2.75, 3.05) is 5.32 Å². The number of nitrogens with one attached hydrogen (secondary N) is 1. The second-order valence-electron chi connectivity index (χ2n) is 5.66. The Morgan fingerprint density at radius 1 is 0.926 bits per heavy atom. The highest BCUT2D eigenvalue weighted by Gasteiger charge is 2.39. The number of nitrogens with zero attached hydrogens (tertiary/aromatic N) is 4. The quantitative estimate of drug-likeness (QED) is 0.529. The first-order valence-electron chi connectivity index (χ1n) is 7.81. The normalized spacial score (nSPS) is 11.7. The van der Waals surface area contributed by atoms with Crippen LogP contribution in [0.2, 0.25) is 0 Å². The van der Waals surface area contributed by atoms with Gasteiger partial charge in [-0.3, -0.25) is 9.38 Å². The summed E-state index contributed by atoms with van der Waals surface area (Å²) in [5.41, 5.74) is -0.951. The molecule has 3 aromatic heterocycles. The van der Waals surface area contributed by atoms with Gasteiger partial charge in [0.2, 0.25) is 0 Å². The Balaban J connectivity index is 1.87. The number of hydrogen-bond acceptors (Lipinski definition) is 4. The maximum absolute atomic E-state index is 13.6. The van der Waals surface area contributed by atoms with Crippen LogP contribution in [0.25, 0.3) is 17.0 Å². The molecule has 0 aliphatic rings. The number of hydrogen-bond donors (Lipinski definition) is 1. The lowest BCUT2D eigenvalue weighted by Gasteiger charge is -2.09. The summed E-state index contributed by atoms with van der Waals surface area (Å²) in [7, 11) is 0. The molecule has 4 aromatic rings. The highest BCUT2D eigenvalue weighted by molar-refractivity contribution is 5.66. The zero-order valence-corrected chi connectivity index (χ0v) is 13.6. The number of anilines is 2. The van der Waals surface area contributed by atoms with E-state index in [1.54, 1.807) is 24.3 Å². The maximum Gasteiger partial charge on any atom is 0.435 e. The predicted octanol–water partition coefficient (Wildman–Crippen LogP) is 4.69. The van der Waals surface area contributed by atoms with Crippen LogP contribution in [0.5, 0.6) is 0 Å². The van der Waals surface area contributed by atoms with E-state index in [4.69, 9.17) is 0 Å². The lowest BCUT2D eigenvalue weighted by Crippen LogP contribution is -2.09. The number of pyridine rings is 1. The zero-order chi connectivity index (χ0) is 19.0. The van der Waals surface area contributed by atoms with Gasteiger partial charge in [-0.15, -0.1) is 0 Å². The smallest absolute Gasteiger partial charge is 0.339 e. The fourth-order valence-electron chi connectivity index (χ4n) is 2.67.